The van der Waals surface area contributed by atoms with E-state index in [0.717, 1.165) is 24.4 Å². The molecule has 1 atom stereocenters. The van der Waals surface area contributed by atoms with Gasteiger partial charge in [-0.25, -0.2) is 4.39 Å². The summed E-state index contributed by atoms with van der Waals surface area (Å²) in [7, 11) is 0. The number of nitrogens with one attached hydrogen (secondary N) is 1. The second kappa shape index (κ2) is 7.75. The van der Waals surface area contributed by atoms with Crippen molar-refractivity contribution >= 4 is 0 Å². The predicted molar refractivity (Wildman–Crippen MR) is 82.3 cm³/mol. The summed E-state index contributed by atoms with van der Waals surface area (Å²) >= 11 is 0. The topological polar surface area (TPSA) is 15.3 Å². The molecule has 0 radical (unpaired) electrons. The summed E-state index contributed by atoms with van der Waals surface area (Å²) < 4.78 is 13.2. The number of piperidine rings is 1. The van der Waals surface area contributed by atoms with E-state index in [1.54, 1.807) is 12.1 Å². The van der Waals surface area contributed by atoms with Gasteiger partial charge in [-0.1, -0.05) is 19.1 Å². The van der Waals surface area contributed by atoms with E-state index in [2.05, 4.69) is 24.1 Å². The van der Waals surface area contributed by atoms with Crippen LogP contribution in [0, 0.1) is 11.7 Å². The zero-order chi connectivity index (χ0) is 14.4. The highest BCUT2D eigenvalue weighted by atomic mass is 19.1. The maximum atomic E-state index is 13.2. The van der Waals surface area contributed by atoms with Gasteiger partial charge in [0.15, 0.2) is 0 Å². The summed E-state index contributed by atoms with van der Waals surface area (Å²) in [4.78, 5) is 2.56. The van der Waals surface area contributed by atoms with E-state index in [1.807, 2.05) is 6.07 Å². The maximum Gasteiger partial charge on any atom is 0.123 e. The fourth-order valence-electron chi connectivity index (χ4n) is 2.80. The minimum atomic E-state index is -0.154. The molecule has 1 saturated heterocycles. The van der Waals surface area contributed by atoms with Crippen LogP contribution in [0.15, 0.2) is 24.3 Å². The van der Waals surface area contributed by atoms with Gasteiger partial charge in [0, 0.05) is 6.04 Å². The van der Waals surface area contributed by atoms with Gasteiger partial charge in [-0.05, 0) is 76.0 Å². The van der Waals surface area contributed by atoms with Gasteiger partial charge in [0.05, 0.1) is 0 Å². The highest BCUT2D eigenvalue weighted by Crippen LogP contribution is 2.16. The van der Waals surface area contributed by atoms with Gasteiger partial charge in [-0.15, -0.1) is 0 Å². The average Bonchev–Trinajstić information content (AvgIpc) is 2.45. The van der Waals surface area contributed by atoms with Gasteiger partial charge >= 0.3 is 0 Å². The number of nitrogens with zero attached hydrogens (tertiary/aromatic N) is 1. The van der Waals surface area contributed by atoms with Crippen LogP contribution in [0.25, 0.3) is 0 Å². The minimum absolute atomic E-state index is 0.154. The van der Waals surface area contributed by atoms with Crippen LogP contribution in [0.3, 0.4) is 0 Å². The van der Waals surface area contributed by atoms with Crippen molar-refractivity contribution in [1.29, 1.82) is 0 Å². The number of likely N-dealkylation sites (tertiary alicyclic amines) is 1. The molecule has 1 unspecified atom stereocenters. The third kappa shape index (κ3) is 4.88. The molecule has 2 rings (SSSR count). The van der Waals surface area contributed by atoms with Gasteiger partial charge in [0.2, 0.25) is 0 Å². The Bertz CT molecular complexity index is 400. The molecule has 20 heavy (non-hydrogen) atoms. The monoisotopic (exact) mass is 278 g/mol. The van der Waals surface area contributed by atoms with Gasteiger partial charge < -0.3 is 10.2 Å². The molecule has 0 saturated carbocycles. The molecule has 1 aromatic rings. The number of hydrogen-bond acceptors (Lipinski definition) is 2. The van der Waals surface area contributed by atoms with Crippen molar-refractivity contribution in [1.82, 2.24) is 10.2 Å². The van der Waals surface area contributed by atoms with E-state index < -0.39 is 0 Å². The summed E-state index contributed by atoms with van der Waals surface area (Å²) in [5.74, 6) is 0.746. The first-order valence-electron chi connectivity index (χ1n) is 7.86. The first kappa shape index (κ1) is 15.5. The summed E-state index contributed by atoms with van der Waals surface area (Å²) in [6.45, 7) is 9.11. The Hall–Kier alpha value is -0.930. The third-order valence-electron chi connectivity index (χ3n) is 4.33. The van der Waals surface area contributed by atoms with Crippen LogP contribution in [0.5, 0.6) is 0 Å². The first-order valence-corrected chi connectivity index (χ1v) is 7.86. The van der Waals surface area contributed by atoms with E-state index in [9.17, 15) is 4.39 Å². The van der Waals surface area contributed by atoms with Gasteiger partial charge in [-0.2, -0.15) is 0 Å². The van der Waals surface area contributed by atoms with Crippen molar-refractivity contribution in [2.24, 2.45) is 5.92 Å². The van der Waals surface area contributed by atoms with Gasteiger partial charge in [0.25, 0.3) is 0 Å². The van der Waals surface area contributed by atoms with Crippen molar-refractivity contribution in [2.45, 2.75) is 39.2 Å². The second-order valence-electron chi connectivity index (χ2n) is 6.11. The Morgan fingerprint density at radius 2 is 2.10 bits per heavy atom. The predicted octanol–water partition coefficient (Wildman–Crippen LogP) is 3.60. The molecule has 112 valence electrons. The van der Waals surface area contributed by atoms with E-state index in [1.165, 1.54) is 38.5 Å². The van der Waals surface area contributed by atoms with Crippen LogP contribution in [0.1, 0.15) is 44.7 Å². The van der Waals surface area contributed by atoms with Gasteiger partial charge in [-0.3, -0.25) is 0 Å². The Labute approximate surface area is 122 Å². The van der Waals surface area contributed by atoms with E-state index in [4.69, 9.17) is 0 Å². The second-order valence-corrected chi connectivity index (χ2v) is 6.11. The molecule has 0 aromatic heterocycles. The van der Waals surface area contributed by atoms with E-state index in [-0.39, 0.29) is 11.9 Å². The van der Waals surface area contributed by atoms with E-state index in [0.29, 0.717) is 0 Å². The fourth-order valence-corrected chi connectivity index (χ4v) is 2.80. The maximum absolute atomic E-state index is 13.2. The molecule has 1 fully saturated rings. The lowest BCUT2D eigenvalue weighted by atomic mass is 9.99. The summed E-state index contributed by atoms with van der Waals surface area (Å²) in [5, 5.41) is 3.48. The molecule has 2 nitrogen and oxygen atoms in total. The molecular formula is C17H27FN2. The van der Waals surface area contributed by atoms with Crippen molar-refractivity contribution in [3.63, 3.8) is 0 Å². The molecule has 1 aliphatic rings. The Morgan fingerprint density at radius 3 is 2.80 bits per heavy atom. The molecular weight excluding hydrogens is 251 g/mol. The van der Waals surface area contributed by atoms with Crippen LogP contribution in [-0.4, -0.2) is 31.1 Å². The summed E-state index contributed by atoms with van der Waals surface area (Å²) in [6, 6.07) is 7.08. The molecule has 1 aliphatic heterocycles. The lowest BCUT2D eigenvalue weighted by molar-refractivity contribution is 0.190. The Morgan fingerprint density at radius 1 is 1.35 bits per heavy atom. The normalized spacial score (nSPS) is 19.1. The molecule has 1 N–H and O–H groups in total. The van der Waals surface area contributed by atoms with E-state index >= 15 is 0 Å². The van der Waals surface area contributed by atoms with Crippen molar-refractivity contribution in [2.75, 3.05) is 26.2 Å². The zero-order valence-electron chi connectivity index (χ0n) is 12.7. The van der Waals surface area contributed by atoms with Crippen molar-refractivity contribution in [3.05, 3.63) is 35.6 Å². The molecule has 1 heterocycles. The molecule has 0 spiro atoms. The van der Waals surface area contributed by atoms with Gasteiger partial charge in [0.1, 0.15) is 5.82 Å². The third-order valence-corrected chi connectivity index (χ3v) is 4.33. The highest BCUT2D eigenvalue weighted by molar-refractivity contribution is 5.19. The SMILES string of the molecule is CC1CCN(CCCNC(C)c2cccc(F)c2)CC1. The summed E-state index contributed by atoms with van der Waals surface area (Å²) in [5.41, 5.74) is 1.02. The largest absolute Gasteiger partial charge is 0.310 e. The Kier molecular flexibility index (Phi) is 5.99. The zero-order valence-corrected chi connectivity index (χ0v) is 12.7. The van der Waals surface area contributed by atoms with Crippen LogP contribution in [0.4, 0.5) is 4.39 Å². The van der Waals surface area contributed by atoms with Crippen LogP contribution in [-0.2, 0) is 0 Å². The Balaban J connectivity index is 1.63. The molecule has 1 aromatic carbocycles. The van der Waals surface area contributed by atoms with Crippen molar-refractivity contribution in [3.8, 4) is 0 Å². The number of halogens is 1. The summed E-state index contributed by atoms with van der Waals surface area (Å²) in [6.07, 6.45) is 3.84. The molecule has 3 heteroatoms. The highest BCUT2D eigenvalue weighted by Gasteiger charge is 2.14. The van der Waals surface area contributed by atoms with Crippen LogP contribution < -0.4 is 5.32 Å². The lowest BCUT2D eigenvalue weighted by Crippen LogP contribution is -2.35. The number of hydrogen-bond donors (Lipinski definition) is 1. The number of benzene rings is 1. The quantitative estimate of drug-likeness (QED) is 0.800. The average molecular weight is 278 g/mol. The van der Waals surface area contributed by atoms with Crippen LogP contribution >= 0.6 is 0 Å². The van der Waals surface area contributed by atoms with Crippen molar-refractivity contribution < 1.29 is 4.39 Å². The van der Waals surface area contributed by atoms with Crippen LogP contribution in [0.2, 0.25) is 0 Å². The first-order chi connectivity index (χ1) is 9.65. The smallest absolute Gasteiger partial charge is 0.123 e. The fraction of sp³-hybridized carbons (Fsp3) is 0.647. The standard InChI is InChI=1S/C17H27FN2/c1-14-7-11-20(12-8-14)10-4-9-19-15(2)16-5-3-6-17(18)13-16/h3,5-6,13-15,19H,4,7-12H2,1-2H3. The molecule has 0 amide bonds. The lowest BCUT2D eigenvalue weighted by Gasteiger charge is -2.30. The molecule has 0 aliphatic carbocycles. The molecule has 0 bridgehead atoms. The minimum Gasteiger partial charge on any atom is -0.310 e. The number of rotatable bonds is 6.